The first kappa shape index (κ1) is 9.01. The lowest BCUT2D eigenvalue weighted by atomic mass is 9.94. The van der Waals surface area contributed by atoms with Crippen LogP contribution in [0.5, 0.6) is 0 Å². The Kier molecular flexibility index (Phi) is 3.87. The Bertz CT molecular complexity index is 95.7. The zero-order valence-corrected chi connectivity index (χ0v) is 7.55. The number of piperidine rings is 1. The largest absolute Gasteiger partial charge is 0.330 e. The van der Waals surface area contributed by atoms with E-state index in [4.69, 9.17) is 5.73 Å². The Balaban J connectivity index is 2.14. The molecular formula is C9H20N2. The number of hydrogen-bond donors (Lipinski definition) is 1. The molecule has 1 aliphatic rings. The second-order valence-corrected chi connectivity index (χ2v) is 3.45. The Morgan fingerprint density at radius 1 is 1.36 bits per heavy atom. The van der Waals surface area contributed by atoms with E-state index in [1.165, 1.54) is 38.9 Å². The first-order chi connectivity index (χ1) is 5.36. The normalized spacial score (nSPS) is 22.4. The SMILES string of the molecule is CCN1CCC(CCN)CC1. The van der Waals surface area contributed by atoms with Crippen LogP contribution in [-0.2, 0) is 0 Å². The van der Waals surface area contributed by atoms with E-state index in [1.807, 2.05) is 0 Å². The van der Waals surface area contributed by atoms with Gasteiger partial charge in [0.1, 0.15) is 0 Å². The maximum absolute atomic E-state index is 5.51. The van der Waals surface area contributed by atoms with E-state index >= 15 is 0 Å². The summed E-state index contributed by atoms with van der Waals surface area (Å²) >= 11 is 0. The first-order valence-electron chi connectivity index (χ1n) is 4.79. The van der Waals surface area contributed by atoms with Gasteiger partial charge in [-0.1, -0.05) is 6.92 Å². The predicted molar refractivity (Wildman–Crippen MR) is 48.5 cm³/mol. The molecular weight excluding hydrogens is 136 g/mol. The molecule has 2 nitrogen and oxygen atoms in total. The zero-order valence-electron chi connectivity index (χ0n) is 7.55. The van der Waals surface area contributed by atoms with Crippen molar-refractivity contribution in [2.75, 3.05) is 26.2 Å². The molecule has 0 spiro atoms. The molecule has 66 valence electrons. The molecule has 0 bridgehead atoms. The summed E-state index contributed by atoms with van der Waals surface area (Å²) in [5.41, 5.74) is 5.51. The zero-order chi connectivity index (χ0) is 8.10. The topological polar surface area (TPSA) is 29.3 Å². The molecule has 1 fully saturated rings. The van der Waals surface area contributed by atoms with Crippen LogP contribution in [0.25, 0.3) is 0 Å². The molecule has 0 unspecified atom stereocenters. The molecule has 1 aliphatic heterocycles. The molecule has 2 heteroatoms. The van der Waals surface area contributed by atoms with Crippen molar-refractivity contribution in [3.63, 3.8) is 0 Å². The molecule has 2 N–H and O–H groups in total. The van der Waals surface area contributed by atoms with E-state index in [1.54, 1.807) is 0 Å². The summed E-state index contributed by atoms with van der Waals surface area (Å²) < 4.78 is 0. The third kappa shape index (κ3) is 2.80. The van der Waals surface area contributed by atoms with E-state index in [-0.39, 0.29) is 0 Å². The van der Waals surface area contributed by atoms with Crippen molar-refractivity contribution in [2.24, 2.45) is 11.7 Å². The predicted octanol–water partition coefficient (Wildman–Crippen LogP) is 1.07. The van der Waals surface area contributed by atoms with Gasteiger partial charge in [-0.15, -0.1) is 0 Å². The van der Waals surface area contributed by atoms with Gasteiger partial charge < -0.3 is 10.6 Å². The molecule has 0 atom stereocenters. The van der Waals surface area contributed by atoms with Gasteiger partial charge in [-0.05, 0) is 51.4 Å². The summed E-state index contributed by atoms with van der Waals surface area (Å²) in [6.45, 7) is 6.91. The molecule has 1 saturated heterocycles. The highest BCUT2D eigenvalue weighted by molar-refractivity contribution is 4.71. The molecule has 1 rings (SSSR count). The van der Waals surface area contributed by atoms with Crippen molar-refractivity contribution < 1.29 is 0 Å². The maximum atomic E-state index is 5.51. The number of likely N-dealkylation sites (tertiary alicyclic amines) is 1. The standard InChI is InChI=1S/C9H20N2/c1-2-11-7-4-9(3-6-10)5-8-11/h9H,2-8,10H2,1H3. The summed E-state index contributed by atoms with van der Waals surface area (Å²) in [4.78, 5) is 2.52. The van der Waals surface area contributed by atoms with Crippen LogP contribution in [0.15, 0.2) is 0 Å². The van der Waals surface area contributed by atoms with Crippen molar-refractivity contribution in [2.45, 2.75) is 26.2 Å². The van der Waals surface area contributed by atoms with Crippen LogP contribution < -0.4 is 5.73 Å². The fourth-order valence-electron chi connectivity index (χ4n) is 1.83. The van der Waals surface area contributed by atoms with Crippen LogP contribution in [0.2, 0.25) is 0 Å². The Hall–Kier alpha value is -0.0800. The van der Waals surface area contributed by atoms with E-state index in [2.05, 4.69) is 11.8 Å². The van der Waals surface area contributed by atoms with Crippen molar-refractivity contribution in [3.05, 3.63) is 0 Å². The Morgan fingerprint density at radius 2 is 2.00 bits per heavy atom. The van der Waals surface area contributed by atoms with Crippen LogP contribution in [-0.4, -0.2) is 31.1 Å². The van der Waals surface area contributed by atoms with Gasteiger partial charge >= 0.3 is 0 Å². The molecule has 0 amide bonds. The average Bonchev–Trinajstić information content (AvgIpc) is 2.07. The Morgan fingerprint density at radius 3 is 2.45 bits per heavy atom. The van der Waals surface area contributed by atoms with Crippen LogP contribution >= 0.6 is 0 Å². The van der Waals surface area contributed by atoms with Gasteiger partial charge in [0, 0.05) is 0 Å². The second-order valence-electron chi connectivity index (χ2n) is 3.45. The van der Waals surface area contributed by atoms with Crippen LogP contribution in [0.1, 0.15) is 26.2 Å². The third-order valence-electron chi connectivity index (χ3n) is 2.73. The quantitative estimate of drug-likeness (QED) is 0.662. The van der Waals surface area contributed by atoms with E-state index in [9.17, 15) is 0 Å². The highest BCUT2D eigenvalue weighted by atomic mass is 15.1. The van der Waals surface area contributed by atoms with Gasteiger partial charge in [0.25, 0.3) is 0 Å². The molecule has 0 aromatic rings. The monoisotopic (exact) mass is 156 g/mol. The minimum Gasteiger partial charge on any atom is -0.330 e. The van der Waals surface area contributed by atoms with E-state index in [0.29, 0.717) is 0 Å². The summed E-state index contributed by atoms with van der Waals surface area (Å²) in [6.07, 6.45) is 3.97. The van der Waals surface area contributed by atoms with Crippen molar-refractivity contribution in [1.29, 1.82) is 0 Å². The van der Waals surface area contributed by atoms with Gasteiger partial charge in [0.15, 0.2) is 0 Å². The van der Waals surface area contributed by atoms with Crippen molar-refractivity contribution in [3.8, 4) is 0 Å². The summed E-state index contributed by atoms with van der Waals surface area (Å²) in [5.74, 6) is 0.919. The number of hydrogen-bond acceptors (Lipinski definition) is 2. The summed E-state index contributed by atoms with van der Waals surface area (Å²) in [6, 6.07) is 0. The van der Waals surface area contributed by atoms with Crippen LogP contribution in [0, 0.1) is 5.92 Å². The molecule has 0 saturated carbocycles. The minimum atomic E-state index is 0.872. The molecule has 0 aromatic heterocycles. The smallest absolute Gasteiger partial charge is 0.00162 e. The molecule has 0 radical (unpaired) electrons. The van der Waals surface area contributed by atoms with Gasteiger partial charge in [0.2, 0.25) is 0 Å². The second kappa shape index (κ2) is 4.73. The Labute approximate surface area is 69.8 Å². The fourth-order valence-corrected chi connectivity index (χ4v) is 1.83. The summed E-state index contributed by atoms with van der Waals surface area (Å²) in [7, 11) is 0. The van der Waals surface area contributed by atoms with Crippen LogP contribution in [0.3, 0.4) is 0 Å². The van der Waals surface area contributed by atoms with Gasteiger partial charge in [-0.3, -0.25) is 0 Å². The number of nitrogens with zero attached hydrogens (tertiary/aromatic N) is 1. The molecule has 0 aromatic carbocycles. The van der Waals surface area contributed by atoms with Crippen molar-refractivity contribution in [1.82, 2.24) is 4.90 Å². The van der Waals surface area contributed by atoms with Gasteiger partial charge in [0.05, 0.1) is 0 Å². The molecule has 1 heterocycles. The molecule has 11 heavy (non-hydrogen) atoms. The van der Waals surface area contributed by atoms with Crippen molar-refractivity contribution >= 4 is 0 Å². The third-order valence-corrected chi connectivity index (χ3v) is 2.73. The number of rotatable bonds is 3. The lowest BCUT2D eigenvalue weighted by Gasteiger charge is -2.30. The number of nitrogens with two attached hydrogens (primary N) is 1. The first-order valence-corrected chi connectivity index (χ1v) is 4.79. The van der Waals surface area contributed by atoms with Crippen LogP contribution in [0.4, 0.5) is 0 Å². The van der Waals surface area contributed by atoms with Gasteiger partial charge in [-0.25, -0.2) is 0 Å². The fraction of sp³-hybridized carbons (Fsp3) is 1.00. The maximum Gasteiger partial charge on any atom is -0.00162 e. The highest BCUT2D eigenvalue weighted by Crippen LogP contribution is 2.18. The van der Waals surface area contributed by atoms with E-state index in [0.717, 1.165) is 12.5 Å². The van der Waals surface area contributed by atoms with Gasteiger partial charge in [-0.2, -0.15) is 0 Å². The van der Waals surface area contributed by atoms with E-state index < -0.39 is 0 Å². The lowest BCUT2D eigenvalue weighted by molar-refractivity contribution is 0.188. The summed E-state index contributed by atoms with van der Waals surface area (Å²) in [5, 5.41) is 0. The average molecular weight is 156 g/mol. The highest BCUT2D eigenvalue weighted by Gasteiger charge is 2.16. The minimum absolute atomic E-state index is 0.872. The molecule has 0 aliphatic carbocycles. The lowest BCUT2D eigenvalue weighted by Crippen LogP contribution is -2.33.